The molecule has 2 atom stereocenters. The molecule has 29 heavy (non-hydrogen) atoms. The van der Waals surface area contributed by atoms with Crippen molar-refractivity contribution in [3.63, 3.8) is 0 Å². The second kappa shape index (κ2) is 10.4. The number of halogens is 3. The number of carbonyl (C=O) groups is 3. The lowest BCUT2D eigenvalue weighted by atomic mass is 10.0. The number of amides is 2. The third-order valence-corrected chi connectivity index (χ3v) is 5.10. The molecule has 2 aromatic rings. The molecule has 2 aromatic carbocycles. The molecule has 3 N–H and O–H groups in total. The topological polar surface area (TPSA) is 95.5 Å². The zero-order valence-corrected chi connectivity index (χ0v) is 17.8. The van der Waals surface area contributed by atoms with Crippen LogP contribution in [0.1, 0.15) is 18.1 Å². The van der Waals surface area contributed by atoms with Crippen molar-refractivity contribution < 1.29 is 23.9 Å². The molecule has 0 saturated carbocycles. The number of carboxylic acids is 1. The highest BCUT2D eigenvalue weighted by Gasteiger charge is 2.27. The fourth-order valence-corrected chi connectivity index (χ4v) is 3.31. The minimum absolute atomic E-state index is 0.00838. The Hall–Kier alpha value is -2.45. The van der Waals surface area contributed by atoms with E-state index in [2.05, 4.69) is 26.6 Å². The standard InChI is InChI=1S/C20H19BrClFN2O4/c1-11(26)24-17(8-12-2-5-15(23)6-3-12)19(27)25-18(20(28)29)10-13-9-14(22)4-7-16(13)21/h2-7,9,17-18H,8,10H2,1H3,(H,24,26)(H,25,27)(H,28,29)/t17-,18+/m0/s1. The third-order valence-electron chi connectivity index (χ3n) is 4.09. The van der Waals surface area contributed by atoms with E-state index < -0.39 is 35.7 Å². The molecule has 0 aromatic heterocycles. The van der Waals surface area contributed by atoms with Crippen molar-refractivity contribution in [2.75, 3.05) is 0 Å². The summed E-state index contributed by atoms with van der Waals surface area (Å²) in [7, 11) is 0. The highest BCUT2D eigenvalue weighted by molar-refractivity contribution is 9.10. The first-order valence-corrected chi connectivity index (χ1v) is 9.81. The highest BCUT2D eigenvalue weighted by Crippen LogP contribution is 2.22. The van der Waals surface area contributed by atoms with E-state index in [1.54, 1.807) is 18.2 Å². The van der Waals surface area contributed by atoms with Crippen LogP contribution in [0, 0.1) is 5.82 Å². The Kier molecular flexibility index (Phi) is 8.16. The zero-order chi connectivity index (χ0) is 21.6. The van der Waals surface area contributed by atoms with Crippen molar-refractivity contribution >= 4 is 45.3 Å². The van der Waals surface area contributed by atoms with Crippen molar-refractivity contribution in [3.05, 3.63) is 68.9 Å². The molecule has 0 aliphatic carbocycles. The molecule has 0 bridgehead atoms. The molecule has 0 saturated heterocycles. The van der Waals surface area contributed by atoms with Gasteiger partial charge in [-0.15, -0.1) is 0 Å². The Morgan fingerprint density at radius 3 is 2.31 bits per heavy atom. The minimum Gasteiger partial charge on any atom is -0.480 e. The Balaban J connectivity index is 2.16. The van der Waals surface area contributed by atoms with Crippen LogP contribution in [0.5, 0.6) is 0 Å². The van der Waals surface area contributed by atoms with Crippen LogP contribution in [0.15, 0.2) is 46.9 Å². The van der Waals surface area contributed by atoms with Gasteiger partial charge in [0.25, 0.3) is 0 Å². The van der Waals surface area contributed by atoms with E-state index in [9.17, 15) is 23.9 Å². The SMILES string of the molecule is CC(=O)N[C@@H](Cc1ccc(F)cc1)C(=O)N[C@H](Cc1cc(Cl)ccc1Br)C(=O)O. The van der Waals surface area contributed by atoms with Gasteiger partial charge in [0.1, 0.15) is 17.9 Å². The molecule has 0 aliphatic heterocycles. The van der Waals surface area contributed by atoms with E-state index in [4.69, 9.17) is 11.6 Å². The van der Waals surface area contributed by atoms with Gasteiger partial charge < -0.3 is 15.7 Å². The number of benzene rings is 2. The van der Waals surface area contributed by atoms with Gasteiger partial charge in [0, 0.05) is 29.3 Å². The Morgan fingerprint density at radius 1 is 1.07 bits per heavy atom. The minimum atomic E-state index is -1.23. The van der Waals surface area contributed by atoms with Gasteiger partial charge in [-0.1, -0.05) is 39.7 Å². The van der Waals surface area contributed by atoms with Crippen molar-refractivity contribution in [2.24, 2.45) is 0 Å². The number of hydrogen-bond donors (Lipinski definition) is 3. The van der Waals surface area contributed by atoms with Gasteiger partial charge in [0.2, 0.25) is 11.8 Å². The summed E-state index contributed by atoms with van der Waals surface area (Å²) in [4.78, 5) is 35.9. The summed E-state index contributed by atoms with van der Waals surface area (Å²) in [5.74, 6) is -2.76. The smallest absolute Gasteiger partial charge is 0.326 e. The van der Waals surface area contributed by atoms with Gasteiger partial charge in [0.15, 0.2) is 0 Å². The summed E-state index contributed by atoms with van der Waals surface area (Å²) in [5.41, 5.74) is 1.23. The lowest BCUT2D eigenvalue weighted by Gasteiger charge is -2.21. The van der Waals surface area contributed by atoms with E-state index in [0.717, 1.165) is 0 Å². The quantitative estimate of drug-likeness (QED) is 0.535. The van der Waals surface area contributed by atoms with Crippen LogP contribution in [0.4, 0.5) is 4.39 Å². The van der Waals surface area contributed by atoms with Gasteiger partial charge in [-0.2, -0.15) is 0 Å². The normalized spacial score (nSPS) is 12.7. The maximum atomic E-state index is 13.1. The number of carbonyl (C=O) groups excluding carboxylic acids is 2. The van der Waals surface area contributed by atoms with E-state index in [1.807, 2.05) is 0 Å². The van der Waals surface area contributed by atoms with Gasteiger partial charge in [-0.3, -0.25) is 9.59 Å². The van der Waals surface area contributed by atoms with Crippen LogP contribution in [-0.2, 0) is 27.2 Å². The molecule has 6 nitrogen and oxygen atoms in total. The summed E-state index contributed by atoms with van der Waals surface area (Å²) in [5, 5.41) is 14.9. The van der Waals surface area contributed by atoms with E-state index in [-0.39, 0.29) is 12.8 Å². The second-order valence-corrected chi connectivity index (χ2v) is 7.71. The lowest BCUT2D eigenvalue weighted by Crippen LogP contribution is -2.52. The van der Waals surface area contributed by atoms with Crippen LogP contribution < -0.4 is 10.6 Å². The van der Waals surface area contributed by atoms with E-state index in [0.29, 0.717) is 20.6 Å². The van der Waals surface area contributed by atoms with Crippen molar-refractivity contribution in [1.82, 2.24) is 10.6 Å². The predicted molar refractivity (Wildman–Crippen MR) is 110 cm³/mol. The fraction of sp³-hybridized carbons (Fsp3) is 0.250. The largest absolute Gasteiger partial charge is 0.480 e. The summed E-state index contributed by atoms with van der Waals surface area (Å²) >= 11 is 9.30. The molecule has 0 heterocycles. The Morgan fingerprint density at radius 2 is 1.72 bits per heavy atom. The van der Waals surface area contributed by atoms with Gasteiger partial charge >= 0.3 is 5.97 Å². The summed E-state index contributed by atoms with van der Waals surface area (Å²) < 4.78 is 13.8. The summed E-state index contributed by atoms with van der Waals surface area (Å²) in [6.45, 7) is 1.25. The molecule has 9 heteroatoms. The first kappa shape index (κ1) is 22.8. The van der Waals surface area contributed by atoms with E-state index in [1.165, 1.54) is 31.2 Å². The monoisotopic (exact) mass is 484 g/mol. The molecule has 0 fully saturated rings. The molecule has 0 spiro atoms. The van der Waals surface area contributed by atoms with Crippen LogP contribution >= 0.6 is 27.5 Å². The summed E-state index contributed by atoms with van der Waals surface area (Å²) in [6, 6.07) is 8.18. The van der Waals surface area contributed by atoms with Crippen LogP contribution in [0.3, 0.4) is 0 Å². The van der Waals surface area contributed by atoms with Crippen molar-refractivity contribution in [2.45, 2.75) is 31.8 Å². The fourth-order valence-electron chi connectivity index (χ4n) is 2.70. The van der Waals surface area contributed by atoms with Crippen molar-refractivity contribution in [1.29, 1.82) is 0 Å². The average molecular weight is 486 g/mol. The maximum Gasteiger partial charge on any atom is 0.326 e. The highest BCUT2D eigenvalue weighted by atomic mass is 79.9. The summed E-state index contributed by atoms with van der Waals surface area (Å²) in [6.07, 6.45) is 0.0739. The average Bonchev–Trinajstić information content (AvgIpc) is 2.64. The molecule has 0 unspecified atom stereocenters. The van der Waals surface area contributed by atoms with Crippen LogP contribution in [0.25, 0.3) is 0 Å². The Labute approximate surface area is 180 Å². The second-order valence-electron chi connectivity index (χ2n) is 6.42. The number of rotatable bonds is 8. The maximum absolute atomic E-state index is 13.1. The van der Waals surface area contributed by atoms with Gasteiger partial charge in [0.05, 0.1) is 0 Å². The number of aliphatic carboxylic acids is 1. The van der Waals surface area contributed by atoms with E-state index >= 15 is 0 Å². The molecule has 0 radical (unpaired) electrons. The zero-order valence-electron chi connectivity index (χ0n) is 15.4. The molecule has 0 aliphatic rings. The molecular formula is C20H19BrClFN2O4. The molecule has 2 rings (SSSR count). The number of carboxylic acid groups (broad SMARTS) is 1. The molecular weight excluding hydrogens is 467 g/mol. The first-order chi connectivity index (χ1) is 13.7. The molecule has 2 amide bonds. The first-order valence-electron chi connectivity index (χ1n) is 8.64. The Bertz CT molecular complexity index is 908. The third kappa shape index (κ3) is 7.14. The van der Waals surface area contributed by atoms with Crippen LogP contribution in [-0.4, -0.2) is 35.0 Å². The number of nitrogens with one attached hydrogen (secondary N) is 2. The number of hydrogen-bond acceptors (Lipinski definition) is 3. The van der Waals surface area contributed by atoms with Gasteiger partial charge in [-0.25, -0.2) is 9.18 Å². The van der Waals surface area contributed by atoms with Gasteiger partial charge in [-0.05, 0) is 41.5 Å². The van der Waals surface area contributed by atoms with Crippen molar-refractivity contribution in [3.8, 4) is 0 Å². The lowest BCUT2D eigenvalue weighted by molar-refractivity contribution is -0.142. The van der Waals surface area contributed by atoms with Crippen LogP contribution in [0.2, 0.25) is 5.02 Å². The molecule has 154 valence electrons. The predicted octanol–water partition coefficient (Wildman–Crippen LogP) is 3.10.